The van der Waals surface area contributed by atoms with Crippen LogP contribution < -0.4 is 10.6 Å². The summed E-state index contributed by atoms with van der Waals surface area (Å²) in [6.07, 6.45) is -1.40. The van der Waals surface area contributed by atoms with Gasteiger partial charge in [0.25, 0.3) is 0 Å². The summed E-state index contributed by atoms with van der Waals surface area (Å²) < 4.78 is 3.22. The maximum atomic E-state index is 12.9. The molecule has 52 heavy (non-hydrogen) atoms. The Bertz CT molecular complexity index is 1940. The van der Waals surface area contributed by atoms with Gasteiger partial charge < -0.3 is 20.8 Å². The molecule has 6 rings (SSSR count). The molecule has 4 N–H and O–H groups in total. The number of hydrogen-bond acceptors (Lipinski definition) is 10. The van der Waals surface area contributed by atoms with Crippen LogP contribution in [0.2, 0.25) is 0 Å². The number of nitrogens with zero attached hydrogens (tertiary/aromatic N) is 6. The van der Waals surface area contributed by atoms with Crippen LogP contribution in [0.25, 0.3) is 11.4 Å². The van der Waals surface area contributed by atoms with Gasteiger partial charge in [0.1, 0.15) is 12.2 Å². The average molecular weight is 735 g/mol. The molecule has 0 spiro atoms. The Labute approximate surface area is 309 Å². The first kappa shape index (κ1) is 36.5. The van der Waals surface area contributed by atoms with Gasteiger partial charge in [0.2, 0.25) is 11.8 Å². The number of carbonyl (C=O) groups excluding carboxylic acids is 2. The molecule has 0 unspecified atom stereocenters. The Balaban J connectivity index is 1.22. The fourth-order valence-corrected chi connectivity index (χ4v) is 6.87. The molecule has 0 aliphatic carbocycles. The number of anilines is 2. The summed E-state index contributed by atoms with van der Waals surface area (Å²) in [5.74, 6) is -0.324. The first-order chi connectivity index (χ1) is 25.3. The van der Waals surface area contributed by atoms with Crippen molar-refractivity contribution < 1.29 is 19.8 Å². The molecule has 6 aromatic rings. The monoisotopic (exact) mass is 734 g/mol. The smallest absolute Gasteiger partial charge is 0.234 e. The number of rotatable bonds is 15. The van der Waals surface area contributed by atoms with Crippen LogP contribution in [-0.2, 0) is 22.4 Å². The van der Waals surface area contributed by atoms with E-state index in [4.69, 9.17) is 0 Å². The molecule has 2 amide bonds. The predicted molar refractivity (Wildman–Crippen MR) is 203 cm³/mol. The minimum atomic E-state index is -1.60. The second-order valence-electron chi connectivity index (χ2n) is 11.7. The van der Waals surface area contributed by atoms with Crippen LogP contribution in [0.15, 0.2) is 120 Å². The quantitative estimate of drug-likeness (QED) is 0.0895. The lowest BCUT2D eigenvalue weighted by atomic mass is 10.1. The maximum Gasteiger partial charge on any atom is 0.234 e. The van der Waals surface area contributed by atoms with Gasteiger partial charge >= 0.3 is 0 Å². The summed E-state index contributed by atoms with van der Waals surface area (Å²) in [5, 5.41) is 47.0. The fourth-order valence-electron chi connectivity index (χ4n) is 5.36. The second kappa shape index (κ2) is 17.3. The molecular weight excluding hydrogens is 697 g/mol. The number of thioether (sulfide) groups is 2. The Morgan fingerprint density at radius 1 is 0.577 bits per heavy atom. The van der Waals surface area contributed by atoms with E-state index in [9.17, 15) is 19.8 Å². The number of para-hydroxylation sites is 2. The van der Waals surface area contributed by atoms with Gasteiger partial charge in [0, 0.05) is 22.7 Å². The summed E-state index contributed by atoms with van der Waals surface area (Å²) in [6.45, 7) is 4.14. The molecule has 0 radical (unpaired) electrons. The molecule has 0 saturated carbocycles. The van der Waals surface area contributed by atoms with Crippen LogP contribution in [0.4, 0.5) is 11.4 Å². The van der Waals surface area contributed by atoms with Crippen molar-refractivity contribution in [2.45, 2.75) is 49.2 Å². The third-order valence-corrected chi connectivity index (χ3v) is 9.99. The van der Waals surface area contributed by atoms with Crippen LogP contribution in [0.5, 0.6) is 0 Å². The zero-order chi connectivity index (χ0) is 36.5. The van der Waals surface area contributed by atoms with Crippen molar-refractivity contribution in [1.82, 2.24) is 29.5 Å². The van der Waals surface area contributed by atoms with E-state index in [-0.39, 0.29) is 35.0 Å². The summed E-state index contributed by atoms with van der Waals surface area (Å²) in [7, 11) is 0. The van der Waals surface area contributed by atoms with Gasteiger partial charge in [-0.3, -0.25) is 18.7 Å². The van der Waals surface area contributed by atoms with Crippen LogP contribution in [-0.4, -0.2) is 63.1 Å². The molecular formula is C38H38N8O4S2. The molecule has 12 nitrogen and oxygen atoms in total. The lowest BCUT2D eigenvalue weighted by Crippen LogP contribution is -2.20. The van der Waals surface area contributed by atoms with Gasteiger partial charge in [0.05, 0.1) is 11.5 Å². The molecule has 14 heteroatoms. The average Bonchev–Trinajstić information content (AvgIpc) is 3.82. The predicted octanol–water partition coefficient (Wildman–Crippen LogP) is 6.20. The lowest BCUT2D eigenvalue weighted by molar-refractivity contribution is -0.114. The normalized spacial score (nSPS) is 12.3. The molecule has 0 bridgehead atoms. The molecule has 0 fully saturated rings. The fraction of sp³-hybridized carbons (Fsp3) is 0.211. The number of carbonyl (C=O) groups is 2. The van der Waals surface area contributed by atoms with Crippen molar-refractivity contribution in [3.8, 4) is 11.4 Å². The first-order valence-electron chi connectivity index (χ1n) is 16.7. The zero-order valence-corrected chi connectivity index (χ0v) is 30.2. The van der Waals surface area contributed by atoms with Gasteiger partial charge in [0.15, 0.2) is 22.0 Å². The molecule has 0 aliphatic rings. The third kappa shape index (κ3) is 8.77. The highest BCUT2D eigenvalue weighted by atomic mass is 32.2. The number of aryl methyl sites for hydroxylation is 2. The van der Waals surface area contributed by atoms with Gasteiger partial charge in [-0.05, 0) is 72.5 Å². The molecule has 2 aromatic heterocycles. The zero-order valence-electron chi connectivity index (χ0n) is 28.6. The molecule has 2 atom stereocenters. The topological polar surface area (TPSA) is 160 Å². The van der Waals surface area contributed by atoms with Crippen molar-refractivity contribution in [3.05, 3.63) is 132 Å². The number of aliphatic hydroxyl groups excluding tert-OH is 2. The van der Waals surface area contributed by atoms with Crippen molar-refractivity contribution >= 4 is 46.7 Å². The van der Waals surface area contributed by atoms with Gasteiger partial charge in [-0.1, -0.05) is 98.0 Å². The molecule has 266 valence electrons. The van der Waals surface area contributed by atoms with E-state index in [0.717, 1.165) is 36.4 Å². The van der Waals surface area contributed by atoms with Crippen molar-refractivity contribution in [2.75, 3.05) is 22.1 Å². The minimum Gasteiger partial charge on any atom is -0.382 e. The number of benzene rings is 4. The number of amides is 2. The van der Waals surface area contributed by atoms with Gasteiger partial charge in [-0.15, -0.1) is 20.4 Å². The van der Waals surface area contributed by atoms with Crippen LogP contribution in [0.3, 0.4) is 0 Å². The number of nitrogens with one attached hydrogen (secondary N) is 2. The maximum absolute atomic E-state index is 12.9. The number of aromatic nitrogens is 6. The Morgan fingerprint density at radius 2 is 0.942 bits per heavy atom. The van der Waals surface area contributed by atoms with Gasteiger partial charge in [-0.2, -0.15) is 0 Å². The van der Waals surface area contributed by atoms with E-state index in [1.165, 1.54) is 11.1 Å². The molecule has 2 heterocycles. The molecule has 0 saturated heterocycles. The first-order valence-corrected chi connectivity index (χ1v) is 18.7. The van der Waals surface area contributed by atoms with Crippen molar-refractivity contribution in [3.63, 3.8) is 0 Å². The number of aliphatic hydroxyl groups is 2. The molecule has 0 aliphatic heterocycles. The Hall–Kier alpha value is -5.28. The highest BCUT2D eigenvalue weighted by Crippen LogP contribution is 2.34. The van der Waals surface area contributed by atoms with E-state index in [0.29, 0.717) is 33.1 Å². The third-order valence-electron chi connectivity index (χ3n) is 8.13. The highest BCUT2D eigenvalue weighted by Gasteiger charge is 2.33. The van der Waals surface area contributed by atoms with Crippen LogP contribution in [0.1, 0.15) is 48.8 Å². The minimum absolute atomic E-state index is 0.0275. The SMILES string of the molecule is CCc1ccc(NC(=O)CSc2nnc([C@H](O)[C@@H](O)c3nnc(SCC(=O)Nc4ccc(CC)cc4)n3-c3ccccc3)n2-c2ccccc2)cc1. The van der Waals surface area contributed by atoms with Gasteiger partial charge in [-0.25, -0.2) is 0 Å². The Kier molecular flexibility index (Phi) is 12.1. The summed E-state index contributed by atoms with van der Waals surface area (Å²) in [6, 6.07) is 33.6. The standard InChI is InChI=1S/C38H38N8O4S2/c1-3-25-15-19-27(20-16-25)39-31(47)23-51-37-43-41-35(45(37)29-11-7-5-8-12-29)33(49)34(50)36-42-44-38(46(36)30-13-9-6-10-14-30)52-24-32(48)40-28-21-17-26(4-2)18-22-28/h5-22,33-34,49-50H,3-4,23-24H2,1-2H3,(H,39,47)(H,40,48)/t33-,34-/m1/s1. The number of hydrogen-bond donors (Lipinski definition) is 4. The van der Waals surface area contributed by atoms with Crippen LogP contribution >= 0.6 is 23.5 Å². The summed E-state index contributed by atoms with van der Waals surface area (Å²) in [5.41, 5.74) is 4.98. The van der Waals surface area contributed by atoms with E-state index in [1.807, 2.05) is 109 Å². The van der Waals surface area contributed by atoms with Crippen LogP contribution in [0, 0.1) is 0 Å². The van der Waals surface area contributed by atoms with E-state index in [2.05, 4.69) is 44.9 Å². The summed E-state index contributed by atoms with van der Waals surface area (Å²) >= 11 is 2.30. The highest BCUT2D eigenvalue weighted by molar-refractivity contribution is 8.00. The Morgan fingerprint density at radius 3 is 1.29 bits per heavy atom. The largest absolute Gasteiger partial charge is 0.382 e. The lowest BCUT2D eigenvalue weighted by Gasteiger charge is -2.20. The second-order valence-corrected chi connectivity index (χ2v) is 13.6. The van der Waals surface area contributed by atoms with Crippen molar-refractivity contribution in [1.29, 1.82) is 0 Å². The molecule has 4 aromatic carbocycles. The summed E-state index contributed by atoms with van der Waals surface area (Å²) in [4.78, 5) is 25.8. The van der Waals surface area contributed by atoms with E-state index < -0.39 is 12.2 Å². The van der Waals surface area contributed by atoms with E-state index in [1.54, 1.807) is 9.13 Å². The van der Waals surface area contributed by atoms with E-state index >= 15 is 0 Å². The van der Waals surface area contributed by atoms with Crippen molar-refractivity contribution in [2.24, 2.45) is 0 Å².